The summed E-state index contributed by atoms with van der Waals surface area (Å²) in [5.74, 6) is -0.117. The van der Waals surface area contributed by atoms with Gasteiger partial charge in [-0.2, -0.15) is 5.10 Å². The molecular formula is C29H35N5O. The van der Waals surface area contributed by atoms with Crippen LogP contribution in [0.3, 0.4) is 0 Å². The maximum atomic E-state index is 13.5. The standard InChI is InChI=1S/C29H35N5O/c1-5-32(6-2)24-17-13-22(14-18-24)21-30-34-28(31-27-12-10-9-11-26(27)29(34)35)23-15-19-25(20-16-23)33(7-3)8-4/h9-21,28,31H,5-8H2,1-4H3. The molecule has 182 valence electrons. The van der Waals surface area contributed by atoms with Gasteiger partial charge in [0.25, 0.3) is 5.91 Å². The second-order valence-corrected chi connectivity index (χ2v) is 8.51. The van der Waals surface area contributed by atoms with Crippen LogP contribution in [0, 0.1) is 0 Å². The van der Waals surface area contributed by atoms with Crippen molar-refractivity contribution >= 4 is 29.2 Å². The van der Waals surface area contributed by atoms with E-state index in [0.717, 1.165) is 43.0 Å². The lowest BCUT2D eigenvalue weighted by Gasteiger charge is -2.35. The summed E-state index contributed by atoms with van der Waals surface area (Å²) >= 11 is 0. The molecule has 0 saturated heterocycles. The predicted molar refractivity (Wildman–Crippen MR) is 147 cm³/mol. The first kappa shape index (κ1) is 24.3. The Kier molecular flexibility index (Phi) is 7.70. The minimum absolute atomic E-state index is 0.117. The average molecular weight is 470 g/mol. The largest absolute Gasteiger partial charge is 0.372 e. The van der Waals surface area contributed by atoms with E-state index in [1.165, 1.54) is 11.4 Å². The number of fused-ring (bicyclic) bond motifs is 1. The molecule has 3 aromatic carbocycles. The van der Waals surface area contributed by atoms with Crippen LogP contribution in [-0.4, -0.2) is 43.3 Å². The molecule has 35 heavy (non-hydrogen) atoms. The van der Waals surface area contributed by atoms with Gasteiger partial charge in [0.2, 0.25) is 0 Å². The quantitative estimate of drug-likeness (QED) is 0.392. The minimum atomic E-state index is -0.394. The number of nitrogens with one attached hydrogen (secondary N) is 1. The van der Waals surface area contributed by atoms with Gasteiger partial charge in [-0.15, -0.1) is 0 Å². The molecule has 1 aliphatic rings. The number of hydrogen-bond donors (Lipinski definition) is 1. The highest BCUT2D eigenvalue weighted by Gasteiger charge is 2.32. The molecule has 3 aromatic rings. The Labute approximate surface area is 208 Å². The predicted octanol–water partition coefficient (Wildman–Crippen LogP) is 5.98. The van der Waals surface area contributed by atoms with Crippen LogP contribution in [0.1, 0.15) is 55.3 Å². The molecule has 1 heterocycles. The van der Waals surface area contributed by atoms with Gasteiger partial charge >= 0.3 is 0 Å². The summed E-state index contributed by atoms with van der Waals surface area (Å²) in [6.45, 7) is 12.4. The van der Waals surface area contributed by atoms with Crippen molar-refractivity contribution in [1.29, 1.82) is 0 Å². The van der Waals surface area contributed by atoms with E-state index in [9.17, 15) is 4.79 Å². The van der Waals surface area contributed by atoms with Gasteiger partial charge in [-0.25, -0.2) is 5.01 Å². The van der Waals surface area contributed by atoms with Gasteiger partial charge < -0.3 is 15.1 Å². The molecule has 0 saturated carbocycles. The fraction of sp³-hybridized carbons (Fsp3) is 0.310. The zero-order valence-corrected chi connectivity index (χ0v) is 21.1. The lowest BCUT2D eigenvalue weighted by atomic mass is 10.0. The first-order valence-electron chi connectivity index (χ1n) is 12.5. The van der Waals surface area contributed by atoms with Crippen LogP contribution in [0.5, 0.6) is 0 Å². The third-order valence-electron chi connectivity index (χ3n) is 6.59. The molecule has 1 N–H and O–H groups in total. The van der Waals surface area contributed by atoms with E-state index in [1.807, 2.05) is 36.4 Å². The van der Waals surface area contributed by atoms with Crippen molar-refractivity contribution in [1.82, 2.24) is 5.01 Å². The zero-order chi connectivity index (χ0) is 24.8. The third kappa shape index (κ3) is 5.16. The van der Waals surface area contributed by atoms with Gasteiger partial charge in [-0.05, 0) is 75.2 Å². The van der Waals surface area contributed by atoms with Crippen molar-refractivity contribution < 1.29 is 4.79 Å². The van der Waals surface area contributed by atoms with Crippen molar-refractivity contribution in [3.05, 3.63) is 89.5 Å². The van der Waals surface area contributed by atoms with Gasteiger partial charge in [-0.1, -0.05) is 36.4 Å². The molecule has 1 amide bonds. The number of benzene rings is 3. The summed E-state index contributed by atoms with van der Waals surface area (Å²) < 4.78 is 0. The van der Waals surface area contributed by atoms with Crippen molar-refractivity contribution in [2.75, 3.05) is 41.3 Å². The van der Waals surface area contributed by atoms with Crippen LogP contribution in [-0.2, 0) is 0 Å². The lowest BCUT2D eigenvalue weighted by Crippen LogP contribution is -2.39. The maximum Gasteiger partial charge on any atom is 0.278 e. The molecule has 6 nitrogen and oxygen atoms in total. The lowest BCUT2D eigenvalue weighted by molar-refractivity contribution is 0.0691. The van der Waals surface area contributed by atoms with E-state index in [-0.39, 0.29) is 5.91 Å². The number of para-hydroxylation sites is 1. The maximum absolute atomic E-state index is 13.5. The van der Waals surface area contributed by atoms with Crippen molar-refractivity contribution in [2.24, 2.45) is 5.10 Å². The first-order chi connectivity index (χ1) is 17.1. The Morgan fingerprint density at radius 3 is 1.91 bits per heavy atom. The topological polar surface area (TPSA) is 51.2 Å². The van der Waals surface area contributed by atoms with Gasteiger partial charge in [0.15, 0.2) is 6.17 Å². The van der Waals surface area contributed by atoms with Crippen LogP contribution >= 0.6 is 0 Å². The number of nitrogens with zero attached hydrogens (tertiary/aromatic N) is 4. The molecule has 4 rings (SSSR count). The highest BCUT2D eigenvalue weighted by molar-refractivity contribution is 6.02. The number of carbonyl (C=O) groups is 1. The van der Waals surface area contributed by atoms with Crippen LogP contribution in [0.25, 0.3) is 0 Å². The number of rotatable bonds is 9. The average Bonchev–Trinajstić information content (AvgIpc) is 2.91. The van der Waals surface area contributed by atoms with Crippen LogP contribution < -0.4 is 15.1 Å². The van der Waals surface area contributed by atoms with E-state index in [4.69, 9.17) is 0 Å². The van der Waals surface area contributed by atoms with Crippen molar-refractivity contribution in [2.45, 2.75) is 33.9 Å². The number of hydrazone groups is 1. The summed E-state index contributed by atoms with van der Waals surface area (Å²) in [5, 5.41) is 9.73. The fourth-order valence-corrected chi connectivity index (χ4v) is 4.53. The molecule has 0 aliphatic carbocycles. The highest BCUT2D eigenvalue weighted by atomic mass is 16.2. The van der Waals surface area contributed by atoms with E-state index in [0.29, 0.717) is 5.56 Å². The van der Waals surface area contributed by atoms with Crippen molar-refractivity contribution in [3.63, 3.8) is 0 Å². The third-order valence-corrected chi connectivity index (χ3v) is 6.59. The van der Waals surface area contributed by atoms with Gasteiger partial charge in [0, 0.05) is 43.2 Å². The zero-order valence-electron chi connectivity index (χ0n) is 21.1. The second-order valence-electron chi connectivity index (χ2n) is 8.51. The smallest absolute Gasteiger partial charge is 0.278 e. The SMILES string of the molecule is CCN(CC)c1ccc(C=NN2C(=O)c3ccccc3NC2c2ccc(N(CC)CC)cc2)cc1. The van der Waals surface area contributed by atoms with Crippen LogP contribution in [0.15, 0.2) is 77.9 Å². The Bertz CT molecular complexity index is 1150. The minimum Gasteiger partial charge on any atom is -0.372 e. The summed E-state index contributed by atoms with van der Waals surface area (Å²) in [6, 6.07) is 24.3. The molecule has 0 radical (unpaired) electrons. The van der Waals surface area contributed by atoms with E-state index >= 15 is 0 Å². The number of amides is 1. The molecule has 0 aromatic heterocycles. The highest BCUT2D eigenvalue weighted by Crippen LogP contribution is 2.34. The number of anilines is 3. The molecule has 0 spiro atoms. The monoisotopic (exact) mass is 469 g/mol. The Morgan fingerprint density at radius 2 is 1.34 bits per heavy atom. The summed E-state index contributed by atoms with van der Waals surface area (Å²) in [6.07, 6.45) is 1.37. The van der Waals surface area contributed by atoms with Gasteiger partial charge in [-0.3, -0.25) is 4.79 Å². The molecule has 1 atom stereocenters. The molecule has 0 bridgehead atoms. The normalized spacial score (nSPS) is 15.1. The molecule has 1 aliphatic heterocycles. The van der Waals surface area contributed by atoms with E-state index in [2.05, 4.69) is 84.3 Å². The van der Waals surface area contributed by atoms with E-state index in [1.54, 1.807) is 11.2 Å². The summed E-state index contributed by atoms with van der Waals surface area (Å²) in [5.41, 5.74) is 5.73. The van der Waals surface area contributed by atoms with Crippen molar-refractivity contribution in [3.8, 4) is 0 Å². The molecule has 0 fully saturated rings. The van der Waals surface area contributed by atoms with E-state index < -0.39 is 6.17 Å². The van der Waals surface area contributed by atoms with Gasteiger partial charge in [0.05, 0.1) is 11.8 Å². The number of hydrogen-bond acceptors (Lipinski definition) is 5. The number of carbonyl (C=O) groups excluding carboxylic acids is 1. The summed E-state index contributed by atoms with van der Waals surface area (Å²) in [4.78, 5) is 18.1. The second kappa shape index (κ2) is 11.1. The summed E-state index contributed by atoms with van der Waals surface area (Å²) in [7, 11) is 0. The molecular weight excluding hydrogens is 434 g/mol. The van der Waals surface area contributed by atoms with Crippen LogP contribution in [0.2, 0.25) is 0 Å². The Hall–Kier alpha value is -3.80. The molecule has 1 unspecified atom stereocenters. The Balaban J connectivity index is 1.64. The van der Waals surface area contributed by atoms with Gasteiger partial charge in [0.1, 0.15) is 0 Å². The fourth-order valence-electron chi connectivity index (χ4n) is 4.53. The first-order valence-corrected chi connectivity index (χ1v) is 12.5. The molecule has 6 heteroatoms. The van der Waals surface area contributed by atoms with Crippen LogP contribution in [0.4, 0.5) is 17.1 Å². The Morgan fingerprint density at radius 1 is 0.800 bits per heavy atom.